The molecule has 0 spiro atoms. The minimum absolute atomic E-state index is 0.210. The highest BCUT2D eigenvalue weighted by Gasteiger charge is 2.30. The average molecular weight is 252 g/mol. The molecule has 1 aromatic carbocycles. The number of halogens is 1. The van der Waals surface area contributed by atoms with E-state index in [-0.39, 0.29) is 18.3 Å². The highest BCUT2D eigenvalue weighted by molar-refractivity contribution is 5.74. The molecular weight excluding hydrogens is 235 g/mol. The second-order valence-electron chi connectivity index (χ2n) is 5.44. The van der Waals surface area contributed by atoms with Crippen LogP contribution in [0.5, 0.6) is 5.75 Å². The number of carboxylic acid groups (broad SMARTS) is 1. The molecule has 0 aromatic heterocycles. The third-order valence-corrected chi connectivity index (χ3v) is 3.05. The Labute approximate surface area is 106 Å². The Balaban J connectivity index is 2.23. The first-order valence-corrected chi connectivity index (χ1v) is 6.07. The maximum absolute atomic E-state index is 13.3. The molecule has 3 nitrogen and oxygen atoms in total. The van der Waals surface area contributed by atoms with E-state index in [0.29, 0.717) is 11.3 Å². The summed E-state index contributed by atoms with van der Waals surface area (Å²) in [4.78, 5) is 11.1. The van der Waals surface area contributed by atoms with Crippen molar-refractivity contribution < 1.29 is 19.0 Å². The van der Waals surface area contributed by atoms with Crippen molar-refractivity contribution in [3.8, 4) is 5.75 Å². The van der Waals surface area contributed by atoms with Gasteiger partial charge in [-0.15, -0.1) is 0 Å². The lowest BCUT2D eigenvalue weighted by Gasteiger charge is -2.21. The first-order valence-electron chi connectivity index (χ1n) is 6.07. The van der Waals surface area contributed by atoms with Gasteiger partial charge in [-0.05, 0) is 56.9 Å². The van der Waals surface area contributed by atoms with Gasteiger partial charge in [-0.25, -0.2) is 4.39 Å². The summed E-state index contributed by atoms with van der Waals surface area (Å²) in [6.45, 7) is 3.25. The maximum atomic E-state index is 13.3. The van der Waals surface area contributed by atoms with Crippen LogP contribution in [0.25, 0.3) is 0 Å². The van der Waals surface area contributed by atoms with Crippen LogP contribution in [0.1, 0.15) is 32.3 Å². The van der Waals surface area contributed by atoms with Gasteiger partial charge in [0.1, 0.15) is 11.6 Å². The lowest BCUT2D eigenvalue weighted by Crippen LogP contribution is -2.26. The largest absolute Gasteiger partial charge is 0.490 e. The minimum atomic E-state index is -0.935. The summed E-state index contributed by atoms with van der Waals surface area (Å²) in [6.07, 6.45) is 2.49. The number of hydrogen-bond acceptors (Lipinski definition) is 2. The van der Waals surface area contributed by atoms with Crippen molar-refractivity contribution in [1.29, 1.82) is 0 Å². The number of benzene rings is 1. The second-order valence-corrected chi connectivity index (χ2v) is 5.44. The molecule has 1 aromatic rings. The van der Waals surface area contributed by atoms with E-state index in [2.05, 4.69) is 0 Å². The van der Waals surface area contributed by atoms with Crippen LogP contribution >= 0.6 is 0 Å². The van der Waals surface area contributed by atoms with Gasteiger partial charge < -0.3 is 9.84 Å². The molecular formula is C14H17FO3. The van der Waals surface area contributed by atoms with Crippen LogP contribution in [0.15, 0.2) is 18.2 Å². The average Bonchev–Trinajstić information content (AvgIpc) is 3.05. The molecule has 1 aliphatic carbocycles. The molecule has 1 aliphatic rings. The summed E-state index contributed by atoms with van der Waals surface area (Å²) in [5.41, 5.74) is -0.315. The van der Waals surface area contributed by atoms with Gasteiger partial charge in [-0.3, -0.25) is 4.79 Å². The highest BCUT2D eigenvalue weighted by Crippen LogP contribution is 2.33. The van der Waals surface area contributed by atoms with Crippen molar-refractivity contribution in [1.82, 2.24) is 0 Å². The number of carbonyl (C=O) groups is 1. The fourth-order valence-electron chi connectivity index (χ4n) is 1.72. The molecule has 0 aliphatic heterocycles. The summed E-state index contributed by atoms with van der Waals surface area (Å²) < 4.78 is 19.0. The van der Waals surface area contributed by atoms with Crippen LogP contribution in [0, 0.1) is 11.2 Å². The van der Waals surface area contributed by atoms with Gasteiger partial charge in [0, 0.05) is 0 Å². The first kappa shape index (κ1) is 12.9. The normalized spacial score (nSPS) is 15.5. The molecule has 0 amide bonds. The Morgan fingerprint density at radius 1 is 1.50 bits per heavy atom. The molecule has 0 atom stereocenters. The molecule has 0 unspecified atom stereocenters. The molecule has 0 heterocycles. The maximum Gasteiger partial charge on any atom is 0.309 e. The molecule has 2 rings (SSSR count). The molecule has 0 radical (unpaired) electrons. The molecule has 0 bridgehead atoms. The third-order valence-electron chi connectivity index (χ3n) is 3.05. The zero-order valence-corrected chi connectivity index (χ0v) is 10.6. The second kappa shape index (κ2) is 4.59. The van der Waals surface area contributed by atoms with E-state index in [1.807, 2.05) is 0 Å². The number of carboxylic acids is 1. The van der Waals surface area contributed by atoms with Crippen molar-refractivity contribution in [2.75, 3.05) is 0 Å². The van der Waals surface area contributed by atoms with Gasteiger partial charge in [0.25, 0.3) is 0 Å². The van der Waals surface area contributed by atoms with Gasteiger partial charge in [0.05, 0.1) is 11.5 Å². The fourth-order valence-corrected chi connectivity index (χ4v) is 1.72. The standard InChI is InChI=1S/C14H17FO3/c1-14(2,13(16)17)8-9-7-10(15)3-6-12(9)18-11-4-5-11/h3,6-7,11H,4-5,8H2,1-2H3,(H,16,17). The van der Waals surface area contributed by atoms with Gasteiger partial charge in [-0.2, -0.15) is 0 Å². The summed E-state index contributed by atoms with van der Waals surface area (Å²) in [6, 6.07) is 4.29. The van der Waals surface area contributed by atoms with E-state index >= 15 is 0 Å². The van der Waals surface area contributed by atoms with Crippen molar-refractivity contribution in [3.05, 3.63) is 29.6 Å². The van der Waals surface area contributed by atoms with Gasteiger partial charge >= 0.3 is 5.97 Å². The fraction of sp³-hybridized carbons (Fsp3) is 0.500. The van der Waals surface area contributed by atoms with Crippen molar-refractivity contribution in [2.24, 2.45) is 5.41 Å². The number of hydrogen-bond donors (Lipinski definition) is 1. The van der Waals surface area contributed by atoms with Crippen molar-refractivity contribution in [2.45, 2.75) is 39.2 Å². The van der Waals surface area contributed by atoms with E-state index in [1.54, 1.807) is 19.9 Å². The highest BCUT2D eigenvalue weighted by atomic mass is 19.1. The van der Waals surface area contributed by atoms with Crippen molar-refractivity contribution in [3.63, 3.8) is 0 Å². The predicted molar refractivity (Wildman–Crippen MR) is 65.2 cm³/mol. The smallest absolute Gasteiger partial charge is 0.309 e. The number of rotatable bonds is 5. The molecule has 1 N–H and O–H groups in total. The summed E-state index contributed by atoms with van der Waals surface area (Å²) >= 11 is 0. The topological polar surface area (TPSA) is 46.5 Å². The van der Waals surface area contributed by atoms with E-state index in [1.165, 1.54) is 12.1 Å². The van der Waals surface area contributed by atoms with Crippen LogP contribution in [0.2, 0.25) is 0 Å². The lowest BCUT2D eigenvalue weighted by molar-refractivity contribution is -0.146. The predicted octanol–water partition coefficient (Wildman–Crippen LogP) is 3.02. The SMILES string of the molecule is CC(C)(Cc1cc(F)ccc1OC1CC1)C(=O)O. The van der Waals surface area contributed by atoms with Crippen LogP contribution in [0.3, 0.4) is 0 Å². The van der Waals surface area contributed by atoms with Gasteiger partial charge in [0.15, 0.2) is 0 Å². The monoisotopic (exact) mass is 252 g/mol. The Morgan fingerprint density at radius 2 is 2.17 bits per heavy atom. The Morgan fingerprint density at radius 3 is 2.72 bits per heavy atom. The van der Waals surface area contributed by atoms with E-state index in [4.69, 9.17) is 9.84 Å². The summed E-state index contributed by atoms with van der Waals surface area (Å²) in [5, 5.41) is 9.12. The number of aliphatic carboxylic acids is 1. The Hall–Kier alpha value is -1.58. The molecule has 0 saturated heterocycles. The molecule has 4 heteroatoms. The lowest BCUT2D eigenvalue weighted by atomic mass is 9.85. The quantitative estimate of drug-likeness (QED) is 0.876. The molecule has 98 valence electrons. The van der Waals surface area contributed by atoms with Gasteiger partial charge in [-0.1, -0.05) is 0 Å². The van der Waals surface area contributed by atoms with Gasteiger partial charge in [0.2, 0.25) is 0 Å². The van der Waals surface area contributed by atoms with Crippen molar-refractivity contribution >= 4 is 5.97 Å². The van der Waals surface area contributed by atoms with Crippen LogP contribution in [-0.2, 0) is 11.2 Å². The third kappa shape index (κ3) is 3.00. The Bertz CT molecular complexity index is 464. The van der Waals surface area contributed by atoms with Crippen LogP contribution in [0.4, 0.5) is 4.39 Å². The summed E-state index contributed by atoms with van der Waals surface area (Å²) in [7, 11) is 0. The number of ether oxygens (including phenoxy) is 1. The molecule has 1 saturated carbocycles. The van der Waals surface area contributed by atoms with Crippen LogP contribution < -0.4 is 4.74 Å². The molecule has 1 fully saturated rings. The molecule has 18 heavy (non-hydrogen) atoms. The zero-order chi connectivity index (χ0) is 13.3. The van der Waals surface area contributed by atoms with E-state index < -0.39 is 11.4 Å². The minimum Gasteiger partial charge on any atom is -0.490 e. The zero-order valence-electron chi connectivity index (χ0n) is 10.6. The van der Waals surface area contributed by atoms with E-state index in [0.717, 1.165) is 12.8 Å². The van der Waals surface area contributed by atoms with E-state index in [9.17, 15) is 9.18 Å². The summed E-state index contributed by atoms with van der Waals surface area (Å²) in [5.74, 6) is -0.660. The Kier molecular flexibility index (Phi) is 3.28. The van der Waals surface area contributed by atoms with Crippen LogP contribution in [-0.4, -0.2) is 17.2 Å². The first-order chi connectivity index (χ1) is 8.38.